The summed E-state index contributed by atoms with van der Waals surface area (Å²) < 4.78 is 1.20. The van der Waals surface area contributed by atoms with E-state index >= 15 is 0 Å². The molecule has 2 heterocycles. The van der Waals surface area contributed by atoms with Crippen LogP contribution in [0.4, 0.5) is 0 Å². The molecule has 0 unspecified atom stereocenters. The van der Waals surface area contributed by atoms with E-state index in [1.807, 2.05) is 42.6 Å². The molecule has 4 heteroatoms. The largest absolute Gasteiger partial charge is 0.284 e. The molecule has 0 aliphatic rings. The maximum absolute atomic E-state index is 4.70. The Bertz CT molecular complexity index is 828. The maximum atomic E-state index is 4.70. The molecule has 0 aliphatic heterocycles. The summed E-state index contributed by atoms with van der Waals surface area (Å²) in [4.78, 5) is 4.70. The summed E-state index contributed by atoms with van der Waals surface area (Å²) in [5.41, 5.74) is 4.14. The van der Waals surface area contributed by atoms with Crippen molar-refractivity contribution < 1.29 is 0 Å². The minimum atomic E-state index is 0.949. The van der Waals surface area contributed by atoms with Gasteiger partial charge < -0.3 is 0 Å². The van der Waals surface area contributed by atoms with Gasteiger partial charge in [-0.2, -0.15) is 5.10 Å². The summed E-state index contributed by atoms with van der Waals surface area (Å²) in [6.07, 6.45) is 1.92. The standard InChI is InChI=1S/C16H11N3S/c1-2-6-11(7-3-1)15-12(10-17-19-15)16-18-13-8-4-5-9-14(13)20-16/h1-10H,(H,17,19). The van der Waals surface area contributed by atoms with E-state index in [9.17, 15) is 0 Å². The molecule has 1 N–H and O–H groups in total. The van der Waals surface area contributed by atoms with Crippen molar-refractivity contribution in [3.05, 3.63) is 60.8 Å². The third-order valence-corrected chi connectivity index (χ3v) is 4.28. The van der Waals surface area contributed by atoms with Crippen LogP contribution in [0, 0.1) is 0 Å². The Morgan fingerprint density at radius 3 is 2.55 bits per heavy atom. The number of H-pyrrole nitrogens is 1. The van der Waals surface area contributed by atoms with Gasteiger partial charge >= 0.3 is 0 Å². The molecule has 0 spiro atoms. The van der Waals surface area contributed by atoms with Gasteiger partial charge in [0.1, 0.15) is 10.7 Å². The van der Waals surface area contributed by atoms with Crippen molar-refractivity contribution in [2.24, 2.45) is 0 Å². The lowest BCUT2D eigenvalue weighted by Crippen LogP contribution is -1.81. The van der Waals surface area contributed by atoms with Crippen LogP contribution in [0.15, 0.2) is 60.8 Å². The van der Waals surface area contributed by atoms with E-state index in [0.717, 1.165) is 27.3 Å². The van der Waals surface area contributed by atoms with Crippen molar-refractivity contribution in [1.29, 1.82) is 0 Å². The van der Waals surface area contributed by atoms with Crippen LogP contribution in [-0.4, -0.2) is 15.2 Å². The fourth-order valence-corrected chi connectivity index (χ4v) is 3.24. The average Bonchev–Trinajstić information content (AvgIpc) is 3.14. The predicted octanol–water partition coefficient (Wildman–Crippen LogP) is 4.35. The second-order valence-electron chi connectivity index (χ2n) is 4.50. The smallest absolute Gasteiger partial charge is 0.128 e. The topological polar surface area (TPSA) is 41.6 Å². The second-order valence-corrected chi connectivity index (χ2v) is 5.53. The molecule has 0 aliphatic carbocycles. The van der Waals surface area contributed by atoms with Gasteiger partial charge in [-0.25, -0.2) is 4.98 Å². The summed E-state index contributed by atoms with van der Waals surface area (Å²) in [6, 6.07) is 18.4. The molecule has 0 atom stereocenters. The first-order chi connectivity index (χ1) is 9.92. The Kier molecular flexibility index (Phi) is 2.60. The highest BCUT2D eigenvalue weighted by Crippen LogP contribution is 2.35. The number of benzene rings is 2. The minimum absolute atomic E-state index is 0.949. The van der Waals surface area contributed by atoms with Gasteiger partial charge in [-0.1, -0.05) is 42.5 Å². The molecule has 2 aromatic heterocycles. The lowest BCUT2D eigenvalue weighted by Gasteiger charge is -1.98. The van der Waals surface area contributed by atoms with E-state index in [-0.39, 0.29) is 0 Å². The summed E-state index contributed by atoms with van der Waals surface area (Å²) >= 11 is 1.69. The quantitative estimate of drug-likeness (QED) is 0.591. The number of hydrogen-bond donors (Lipinski definition) is 1. The van der Waals surface area contributed by atoms with Gasteiger partial charge in [0.05, 0.1) is 15.8 Å². The van der Waals surface area contributed by atoms with Crippen LogP contribution < -0.4 is 0 Å². The summed E-state index contributed by atoms with van der Waals surface area (Å²) in [5, 5.41) is 8.33. The van der Waals surface area contributed by atoms with Gasteiger partial charge in [-0.15, -0.1) is 11.3 Å². The Hall–Kier alpha value is -2.46. The van der Waals surface area contributed by atoms with E-state index in [0.29, 0.717) is 0 Å². The number of fused-ring (bicyclic) bond motifs is 1. The molecule has 0 amide bonds. The lowest BCUT2D eigenvalue weighted by atomic mass is 10.1. The van der Waals surface area contributed by atoms with Crippen LogP contribution in [-0.2, 0) is 0 Å². The number of aromatic amines is 1. The summed E-state index contributed by atoms with van der Waals surface area (Å²) in [7, 11) is 0. The monoisotopic (exact) mass is 277 g/mol. The normalized spacial score (nSPS) is 11.0. The molecule has 3 nitrogen and oxygen atoms in total. The van der Waals surface area contributed by atoms with Gasteiger partial charge in [-0.05, 0) is 12.1 Å². The van der Waals surface area contributed by atoms with Crippen LogP contribution >= 0.6 is 11.3 Å². The Balaban J connectivity index is 1.89. The van der Waals surface area contributed by atoms with Gasteiger partial charge in [0.15, 0.2) is 0 Å². The van der Waals surface area contributed by atoms with E-state index in [1.54, 1.807) is 11.3 Å². The van der Waals surface area contributed by atoms with Crippen molar-refractivity contribution >= 4 is 21.6 Å². The van der Waals surface area contributed by atoms with Gasteiger partial charge in [0.2, 0.25) is 0 Å². The summed E-state index contributed by atoms with van der Waals surface area (Å²) in [5.74, 6) is 0. The molecule has 0 radical (unpaired) electrons. The highest BCUT2D eigenvalue weighted by atomic mass is 32.1. The predicted molar refractivity (Wildman–Crippen MR) is 82.6 cm³/mol. The van der Waals surface area contributed by atoms with Crippen LogP contribution in [0.25, 0.3) is 32.0 Å². The molecule has 2 aromatic carbocycles. The number of hydrogen-bond acceptors (Lipinski definition) is 3. The van der Waals surface area contributed by atoms with Gasteiger partial charge in [0, 0.05) is 11.8 Å². The van der Waals surface area contributed by atoms with E-state index in [1.165, 1.54) is 4.70 Å². The van der Waals surface area contributed by atoms with Crippen molar-refractivity contribution in [1.82, 2.24) is 15.2 Å². The second kappa shape index (κ2) is 4.58. The van der Waals surface area contributed by atoms with E-state index in [2.05, 4.69) is 28.4 Å². The molecular weight excluding hydrogens is 266 g/mol. The van der Waals surface area contributed by atoms with Crippen molar-refractivity contribution in [3.63, 3.8) is 0 Å². The van der Waals surface area contributed by atoms with Crippen LogP contribution in [0.1, 0.15) is 0 Å². The number of aromatic nitrogens is 3. The first kappa shape index (κ1) is 11.4. The van der Waals surface area contributed by atoms with Gasteiger partial charge in [0.25, 0.3) is 0 Å². The first-order valence-electron chi connectivity index (χ1n) is 6.37. The zero-order valence-corrected chi connectivity index (χ0v) is 11.4. The Morgan fingerprint density at radius 2 is 1.70 bits per heavy atom. The SMILES string of the molecule is c1ccc(-c2n[nH]cc2-c2nc3ccccc3s2)cc1. The number of para-hydroxylation sites is 1. The third-order valence-electron chi connectivity index (χ3n) is 3.21. The number of nitrogens with zero attached hydrogens (tertiary/aromatic N) is 2. The van der Waals surface area contributed by atoms with Crippen LogP contribution in [0.5, 0.6) is 0 Å². The first-order valence-corrected chi connectivity index (χ1v) is 7.18. The Morgan fingerprint density at radius 1 is 0.900 bits per heavy atom. The van der Waals surface area contributed by atoms with Crippen LogP contribution in [0.2, 0.25) is 0 Å². The highest BCUT2D eigenvalue weighted by molar-refractivity contribution is 7.21. The number of rotatable bonds is 2. The fraction of sp³-hybridized carbons (Fsp3) is 0. The Labute approximate surface area is 119 Å². The van der Waals surface area contributed by atoms with Crippen molar-refractivity contribution in [2.45, 2.75) is 0 Å². The maximum Gasteiger partial charge on any atom is 0.128 e. The van der Waals surface area contributed by atoms with Crippen molar-refractivity contribution in [3.8, 4) is 21.8 Å². The third kappa shape index (κ3) is 1.82. The molecule has 0 fully saturated rings. The number of thiazole rings is 1. The molecule has 0 saturated carbocycles. The average molecular weight is 277 g/mol. The van der Waals surface area contributed by atoms with Crippen LogP contribution in [0.3, 0.4) is 0 Å². The summed E-state index contributed by atoms with van der Waals surface area (Å²) in [6.45, 7) is 0. The molecule has 0 bridgehead atoms. The van der Waals surface area contributed by atoms with Gasteiger partial charge in [-0.3, -0.25) is 5.10 Å². The fourth-order valence-electron chi connectivity index (χ4n) is 2.26. The lowest BCUT2D eigenvalue weighted by molar-refractivity contribution is 1.10. The molecule has 96 valence electrons. The zero-order valence-electron chi connectivity index (χ0n) is 10.6. The molecular formula is C16H11N3S. The minimum Gasteiger partial charge on any atom is -0.284 e. The molecule has 4 rings (SSSR count). The number of nitrogens with one attached hydrogen (secondary N) is 1. The zero-order chi connectivity index (χ0) is 13.4. The molecule has 20 heavy (non-hydrogen) atoms. The highest BCUT2D eigenvalue weighted by Gasteiger charge is 2.14. The van der Waals surface area contributed by atoms with E-state index in [4.69, 9.17) is 4.98 Å². The molecule has 0 saturated heterocycles. The van der Waals surface area contributed by atoms with Crippen molar-refractivity contribution in [2.75, 3.05) is 0 Å². The van der Waals surface area contributed by atoms with E-state index < -0.39 is 0 Å². The molecule has 4 aromatic rings.